The summed E-state index contributed by atoms with van der Waals surface area (Å²) in [6.07, 6.45) is -1.14. The zero-order valence-electron chi connectivity index (χ0n) is 4.87. The third-order valence-corrected chi connectivity index (χ3v) is 1.33. The van der Waals surface area contributed by atoms with Crippen molar-refractivity contribution < 1.29 is 13.2 Å². The Morgan fingerprint density at radius 1 is 1.33 bits per heavy atom. The van der Waals surface area contributed by atoms with E-state index in [-0.39, 0.29) is 6.42 Å². The molecule has 0 aliphatic heterocycles. The number of alkyl halides is 3. The molecule has 0 aromatic heterocycles. The van der Waals surface area contributed by atoms with Gasteiger partial charge in [0.15, 0.2) is 0 Å². The fourth-order valence-corrected chi connectivity index (χ4v) is 0.723. The highest BCUT2D eigenvalue weighted by Gasteiger charge is 2.25. The van der Waals surface area contributed by atoms with Gasteiger partial charge in [0.2, 0.25) is 0 Å². The van der Waals surface area contributed by atoms with Gasteiger partial charge in [0.05, 0.1) is 0 Å². The van der Waals surface area contributed by atoms with Gasteiger partial charge in [-0.25, -0.2) is 0 Å². The van der Waals surface area contributed by atoms with Crippen molar-refractivity contribution in [3.63, 3.8) is 0 Å². The van der Waals surface area contributed by atoms with Gasteiger partial charge in [-0.3, -0.25) is 0 Å². The van der Waals surface area contributed by atoms with Crippen molar-refractivity contribution in [2.24, 2.45) is 0 Å². The lowest BCUT2D eigenvalue weighted by molar-refractivity contribution is -0.134. The molecular weight excluding hydrogens is 149 g/mol. The molecule has 0 aromatic rings. The second kappa shape index (κ2) is 4.04. The first-order valence-electron chi connectivity index (χ1n) is 2.50. The third-order valence-electron chi connectivity index (χ3n) is 0.749. The van der Waals surface area contributed by atoms with Gasteiger partial charge in [-0.05, 0) is 12.2 Å². The van der Waals surface area contributed by atoms with Gasteiger partial charge in [0.25, 0.3) is 0 Å². The van der Waals surface area contributed by atoms with Crippen LogP contribution in [-0.2, 0) is 0 Å². The summed E-state index contributed by atoms with van der Waals surface area (Å²) in [7, 11) is 0. The Bertz CT molecular complexity index is 69.1. The normalized spacial score (nSPS) is 12.0. The highest BCUT2D eigenvalue weighted by Crippen LogP contribution is 2.21. The molecule has 0 heterocycles. The minimum Gasteiger partial charge on any atom is -0.171 e. The zero-order valence-corrected chi connectivity index (χ0v) is 5.69. The molecular formula is C5H8F3S. The third kappa shape index (κ3) is 8.14. The quantitative estimate of drug-likeness (QED) is 0.567. The fourth-order valence-electron chi connectivity index (χ4n) is 0.375. The summed E-state index contributed by atoms with van der Waals surface area (Å²) in [6, 6.07) is 0. The van der Waals surface area contributed by atoms with E-state index in [1.807, 2.05) is 0 Å². The van der Waals surface area contributed by atoms with Gasteiger partial charge < -0.3 is 0 Å². The van der Waals surface area contributed by atoms with Crippen molar-refractivity contribution in [1.82, 2.24) is 0 Å². The van der Waals surface area contributed by atoms with E-state index in [0.29, 0.717) is 5.75 Å². The van der Waals surface area contributed by atoms with Crippen LogP contribution in [0.25, 0.3) is 0 Å². The van der Waals surface area contributed by atoms with Crippen LogP contribution in [0.2, 0.25) is 0 Å². The van der Waals surface area contributed by atoms with Gasteiger partial charge in [0.1, 0.15) is 0 Å². The minimum absolute atomic E-state index is 0.178. The van der Waals surface area contributed by atoms with Crippen molar-refractivity contribution in [3.8, 4) is 0 Å². The maximum atomic E-state index is 11.3. The number of thioether (sulfide) groups is 1. The number of hydrogen-bond donors (Lipinski definition) is 0. The monoisotopic (exact) mass is 157 g/mol. The first-order valence-corrected chi connectivity index (χ1v) is 3.65. The molecule has 0 N–H and O–H groups in total. The summed E-state index contributed by atoms with van der Waals surface area (Å²) in [4.78, 5) is 0. The van der Waals surface area contributed by atoms with Crippen LogP contribution in [0.3, 0.4) is 0 Å². The highest BCUT2D eigenvalue weighted by atomic mass is 32.2. The fraction of sp³-hybridized carbons (Fsp3) is 0.800. The van der Waals surface area contributed by atoms with Crippen molar-refractivity contribution in [2.75, 3.05) is 5.75 Å². The minimum atomic E-state index is -3.99. The maximum absolute atomic E-state index is 11.3. The molecule has 0 fully saturated rings. The Hall–Kier alpha value is 0.140. The summed E-state index contributed by atoms with van der Waals surface area (Å²) in [6.45, 7) is 0. The molecule has 0 spiro atoms. The van der Waals surface area contributed by atoms with E-state index >= 15 is 0 Å². The van der Waals surface area contributed by atoms with E-state index in [4.69, 9.17) is 0 Å². The van der Waals surface area contributed by atoms with Crippen LogP contribution < -0.4 is 0 Å². The van der Waals surface area contributed by atoms with Crippen molar-refractivity contribution in [1.29, 1.82) is 0 Å². The standard InChI is InChI=1S/C5H8F3S/c1-9-4-2-3-5(6,7)8/h1-4H2. The summed E-state index contributed by atoms with van der Waals surface area (Å²) in [5, 5.41) is 0. The van der Waals surface area contributed by atoms with E-state index in [1.165, 1.54) is 11.8 Å². The van der Waals surface area contributed by atoms with Crippen LogP contribution in [0.1, 0.15) is 12.8 Å². The molecule has 0 amide bonds. The predicted molar refractivity (Wildman–Crippen MR) is 33.1 cm³/mol. The summed E-state index contributed by atoms with van der Waals surface area (Å²) in [5.74, 6) is 0.486. The molecule has 9 heavy (non-hydrogen) atoms. The van der Waals surface area contributed by atoms with Crippen LogP contribution in [0.5, 0.6) is 0 Å². The molecule has 0 aliphatic carbocycles. The van der Waals surface area contributed by atoms with Gasteiger partial charge in [0, 0.05) is 12.7 Å². The predicted octanol–water partition coefficient (Wildman–Crippen LogP) is 2.85. The SMILES string of the molecule is [CH2]SCCCC(F)(F)F. The lowest BCUT2D eigenvalue weighted by Crippen LogP contribution is -2.06. The Labute approximate surface area is 56.8 Å². The Morgan fingerprint density at radius 3 is 2.22 bits per heavy atom. The van der Waals surface area contributed by atoms with Crippen molar-refractivity contribution >= 4 is 11.8 Å². The largest absolute Gasteiger partial charge is 0.389 e. The molecule has 1 radical (unpaired) electrons. The second-order valence-corrected chi connectivity index (χ2v) is 2.44. The topological polar surface area (TPSA) is 0 Å². The smallest absolute Gasteiger partial charge is 0.171 e. The first-order chi connectivity index (χ1) is 4.06. The second-order valence-electron chi connectivity index (χ2n) is 1.63. The van der Waals surface area contributed by atoms with E-state index < -0.39 is 12.6 Å². The number of hydrogen-bond acceptors (Lipinski definition) is 1. The van der Waals surface area contributed by atoms with Gasteiger partial charge >= 0.3 is 6.18 Å². The Kier molecular flexibility index (Phi) is 4.10. The molecule has 0 saturated heterocycles. The highest BCUT2D eigenvalue weighted by molar-refractivity contribution is 8.00. The van der Waals surface area contributed by atoms with Crippen molar-refractivity contribution in [3.05, 3.63) is 6.26 Å². The Morgan fingerprint density at radius 2 is 1.89 bits per heavy atom. The zero-order chi connectivity index (χ0) is 7.33. The molecule has 0 saturated carbocycles. The van der Waals surface area contributed by atoms with Crippen LogP contribution in [0, 0.1) is 6.26 Å². The molecule has 0 atom stereocenters. The lowest BCUT2D eigenvalue weighted by atomic mass is 10.3. The van der Waals surface area contributed by atoms with E-state index in [2.05, 4.69) is 6.26 Å². The number of halogens is 3. The maximum Gasteiger partial charge on any atom is 0.389 e. The average molecular weight is 157 g/mol. The van der Waals surface area contributed by atoms with Crippen LogP contribution >= 0.6 is 11.8 Å². The average Bonchev–Trinajstić information content (AvgIpc) is 1.63. The first kappa shape index (κ1) is 9.14. The summed E-state index contributed by atoms with van der Waals surface area (Å²) >= 11 is 1.19. The lowest BCUT2D eigenvalue weighted by Gasteiger charge is -2.03. The number of rotatable bonds is 3. The van der Waals surface area contributed by atoms with Crippen LogP contribution in [-0.4, -0.2) is 11.9 Å². The molecule has 0 unspecified atom stereocenters. The molecule has 55 valence electrons. The molecule has 0 rings (SSSR count). The summed E-state index contributed by atoms with van der Waals surface area (Å²) < 4.78 is 34.0. The summed E-state index contributed by atoms with van der Waals surface area (Å²) in [5.41, 5.74) is 0. The molecule has 0 aliphatic rings. The van der Waals surface area contributed by atoms with Gasteiger partial charge in [-0.1, -0.05) is 0 Å². The molecule has 0 bridgehead atoms. The molecule has 0 nitrogen and oxygen atoms in total. The van der Waals surface area contributed by atoms with Crippen LogP contribution in [0.15, 0.2) is 0 Å². The van der Waals surface area contributed by atoms with Gasteiger partial charge in [-0.15, -0.1) is 0 Å². The van der Waals surface area contributed by atoms with Crippen LogP contribution in [0.4, 0.5) is 13.2 Å². The molecule has 4 heteroatoms. The van der Waals surface area contributed by atoms with Gasteiger partial charge in [-0.2, -0.15) is 24.9 Å². The van der Waals surface area contributed by atoms with E-state index in [9.17, 15) is 13.2 Å². The van der Waals surface area contributed by atoms with E-state index in [0.717, 1.165) is 0 Å². The molecule has 0 aromatic carbocycles. The van der Waals surface area contributed by atoms with E-state index in [1.54, 1.807) is 0 Å². The Balaban J connectivity index is 3.07. The van der Waals surface area contributed by atoms with Crippen molar-refractivity contribution in [2.45, 2.75) is 19.0 Å².